The summed E-state index contributed by atoms with van der Waals surface area (Å²) in [4.78, 5) is 46.2. The second-order valence-corrected chi connectivity index (χ2v) is 7.74. The van der Waals surface area contributed by atoms with Crippen LogP contribution in [-0.2, 0) is 18.4 Å². The molecule has 0 radical (unpaired) electrons. The van der Waals surface area contributed by atoms with Crippen molar-refractivity contribution in [3.63, 3.8) is 0 Å². The van der Waals surface area contributed by atoms with Gasteiger partial charge < -0.3 is 9.80 Å². The van der Waals surface area contributed by atoms with E-state index in [1.54, 1.807) is 25.1 Å². The standard InChI is InChI=1S/C22H25N5O3/c1-15-5-4-6-17(13-15)14-27-21(29)19-18(7-8-23-20(19)24(3)22(27)30)26-11-9-25(10-12-26)16(2)28/h4-8,13H,9-12,14H2,1-3H3. The van der Waals surface area contributed by atoms with Crippen LogP contribution in [0.15, 0.2) is 46.1 Å². The first kappa shape index (κ1) is 19.9. The molecule has 0 N–H and O–H groups in total. The first-order valence-electron chi connectivity index (χ1n) is 10.0. The first-order valence-corrected chi connectivity index (χ1v) is 10.0. The van der Waals surface area contributed by atoms with Gasteiger partial charge in [-0.15, -0.1) is 0 Å². The lowest BCUT2D eigenvalue weighted by Crippen LogP contribution is -2.48. The first-order chi connectivity index (χ1) is 14.4. The largest absolute Gasteiger partial charge is 0.367 e. The van der Waals surface area contributed by atoms with Gasteiger partial charge in [-0.05, 0) is 18.6 Å². The molecule has 3 heterocycles. The number of piperazine rings is 1. The third kappa shape index (κ3) is 3.49. The number of hydrogen-bond acceptors (Lipinski definition) is 5. The molecular weight excluding hydrogens is 382 g/mol. The lowest BCUT2D eigenvalue weighted by atomic mass is 10.1. The topological polar surface area (TPSA) is 80.4 Å². The van der Waals surface area contributed by atoms with E-state index in [1.165, 1.54) is 9.13 Å². The highest BCUT2D eigenvalue weighted by Gasteiger charge is 2.23. The van der Waals surface area contributed by atoms with Gasteiger partial charge >= 0.3 is 5.69 Å². The number of pyridine rings is 1. The number of nitrogens with zero attached hydrogens (tertiary/aromatic N) is 5. The maximum absolute atomic E-state index is 13.4. The van der Waals surface area contributed by atoms with E-state index in [1.807, 2.05) is 37.3 Å². The molecule has 1 amide bonds. The van der Waals surface area contributed by atoms with Crippen LogP contribution in [0.4, 0.5) is 5.69 Å². The third-order valence-corrected chi connectivity index (χ3v) is 5.69. The summed E-state index contributed by atoms with van der Waals surface area (Å²) in [5.41, 5.74) is 2.36. The molecule has 0 unspecified atom stereocenters. The summed E-state index contributed by atoms with van der Waals surface area (Å²) in [7, 11) is 1.64. The van der Waals surface area contributed by atoms with Crippen LogP contribution >= 0.6 is 0 Å². The van der Waals surface area contributed by atoms with E-state index in [4.69, 9.17) is 0 Å². The summed E-state index contributed by atoms with van der Waals surface area (Å²) in [6.45, 7) is 6.20. The molecule has 1 aliphatic heterocycles. The van der Waals surface area contributed by atoms with Crippen LogP contribution in [0.3, 0.4) is 0 Å². The van der Waals surface area contributed by atoms with Gasteiger partial charge in [0.25, 0.3) is 5.56 Å². The average molecular weight is 407 g/mol. The highest BCUT2D eigenvalue weighted by molar-refractivity contribution is 5.89. The van der Waals surface area contributed by atoms with E-state index >= 15 is 0 Å². The molecule has 4 rings (SSSR count). The number of benzene rings is 1. The Morgan fingerprint density at radius 3 is 2.50 bits per heavy atom. The fraction of sp³-hybridized carbons (Fsp3) is 0.364. The quantitative estimate of drug-likeness (QED) is 0.650. The van der Waals surface area contributed by atoms with Gasteiger partial charge in [0.15, 0.2) is 5.65 Å². The van der Waals surface area contributed by atoms with Gasteiger partial charge in [-0.1, -0.05) is 29.8 Å². The summed E-state index contributed by atoms with van der Waals surface area (Å²) in [5.74, 6) is 0.0529. The Labute approximate surface area is 174 Å². The number of carbonyl (C=O) groups excluding carboxylic acids is 1. The van der Waals surface area contributed by atoms with Gasteiger partial charge in [-0.2, -0.15) is 0 Å². The van der Waals surface area contributed by atoms with Gasteiger partial charge in [0.05, 0.1) is 12.2 Å². The molecule has 156 valence electrons. The van der Waals surface area contributed by atoms with E-state index in [-0.39, 0.29) is 23.7 Å². The number of hydrogen-bond donors (Lipinski definition) is 0. The van der Waals surface area contributed by atoms with Crippen LogP contribution in [0.2, 0.25) is 0 Å². The number of carbonyl (C=O) groups is 1. The van der Waals surface area contributed by atoms with Crippen LogP contribution in [0, 0.1) is 6.92 Å². The maximum atomic E-state index is 13.4. The lowest BCUT2D eigenvalue weighted by molar-refractivity contribution is -0.129. The molecule has 0 spiro atoms. The minimum atomic E-state index is -0.389. The van der Waals surface area contributed by atoms with E-state index in [0.717, 1.165) is 16.8 Å². The zero-order valence-corrected chi connectivity index (χ0v) is 17.5. The Kier molecular flexibility index (Phi) is 5.15. The normalized spacial score (nSPS) is 14.4. The summed E-state index contributed by atoms with van der Waals surface area (Å²) in [6.07, 6.45) is 1.62. The lowest BCUT2D eigenvalue weighted by Gasteiger charge is -2.36. The number of rotatable bonds is 3. The molecule has 1 fully saturated rings. The SMILES string of the molecule is CC(=O)N1CCN(c2ccnc3c2c(=O)n(Cc2cccc(C)c2)c(=O)n3C)CC1. The Balaban J connectivity index is 1.82. The van der Waals surface area contributed by atoms with E-state index in [0.29, 0.717) is 37.2 Å². The monoisotopic (exact) mass is 407 g/mol. The fourth-order valence-electron chi connectivity index (χ4n) is 4.05. The number of anilines is 1. The van der Waals surface area contributed by atoms with Crippen molar-refractivity contribution in [2.75, 3.05) is 31.1 Å². The van der Waals surface area contributed by atoms with Crippen molar-refractivity contribution in [2.45, 2.75) is 20.4 Å². The predicted octanol–water partition coefficient (Wildman–Crippen LogP) is 1.12. The predicted molar refractivity (Wildman–Crippen MR) is 116 cm³/mol. The van der Waals surface area contributed by atoms with Gasteiger partial charge in [-0.25, -0.2) is 9.78 Å². The second-order valence-electron chi connectivity index (χ2n) is 7.74. The summed E-state index contributed by atoms with van der Waals surface area (Å²) in [6, 6.07) is 9.60. The molecular formula is C22H25N5O3. The number of aryl methyl sites for hydroxylation is 2. The molecule has 2 aromatic heterocycles. The van der Waals surface area contributed by atoms with Crippen molar-refractivity contribution in [1.82, 2.24) is 19.0 Å². The Bertz CT molecular complexity index is 1240. The van der Waals surface area contributed by atoms with Crippen LogP contribution in [0.5, 0.6) is 0 Å². The number of aromatic nitrogens is 3. The van der Waals surface area contributed by atoms with Gasteiger partial charge in [0, 0.05) is 46.3 Å². The van der Waals surface area contributed by atoms with Crippen molar-refractivity contribution in [1.29, 1.82) is 0 Å². The Hall–Kier alpha value is -3.42. The van der Waals surface area contributed by atoms with E-state index < -0.39 is 0 Å². The molecule has 1 aliphatic rings. The van der Waals surface area contributed by atoms with E-state index in [2.05, 4.69) is 9.88 Å². The van der Waals surface area contributed by atoms with Crippen LogP contribution in [0.25, 0.3) is 11.0 Å². The molecule has 0 bridgehead atoms. The average Bonchev–Trinajstić information content (AvgIpc) is 2.75. The molecule has 0 saturated carbocycles. The molecule has 3 aromatic rings. The molecule has 8 nitrogen and oxygen atoms in total. The zero-order valence-electron chi connectivity index (χ0n) is 17.5. The van der Waals surface area contributed by atoms with Gasteiger partial charge in [0.1, 0.15) is 5.39 Å². The van der Waals surface area contributed by atoms with Crippen molar-refractivity contribution >= 4 is 22.6 Å². The van der Waals surface area contributed by atoms with Crippen LogP contribution in [-0.4, -0.2) is 51.1 Å². The third-order valence-electron chi connectivity index (χ3n) is 5.69. The molecule has 0 atom stereocenters. The molecule has 1 saturated heterocycles. The summed E-state index contributed by atoms with van der Waals surface area (Å²) in [5, 5.41) is 0.434. The fourth-order valence-corrected chi connectivity index (χ4v) is 4.05. The summed E-state index contributed by atoms with van der Waals surface area (Å²) < 4.78 is 2.70. The molecule has 8 heteroatoms. The number of amides is 1. The summed E-state index contributed by atoms with van der Waals surface area (Å²) >= 11 is 0. The minimum Gasteiger partial charge on any atom is -0.367 e. The van der Waals surface area contributed by atoms with Crippen molar-refractivity contribution in [3.8, 4) is 0 Å². The van der Waals surface area contributed by atoms with Crippen LogP contribution < -0.4 is 16.1 Å². The molecule has 30 heavy (non-hydrogen) atoms. The highest BCUT2D eigenvalue weighted by atomic mass is 16.2. The van der Waals surface area contributed by atoms with Crippen molar-refractivity contribution in [3.05, 3.63) is 68.5 Å². The van der Waals surface area contributed by atoms with Gasteiger partial charge in [0.2, 0.25) is 5.91 Å². The maximum Gasteiger partial charge on any atom is 0.332 e. The minimum absolute atomic E-state index is 0.0529. The Morgan fingerprint density at radius 2 is 1.83 bits per heavy atom. The number of fused-ring (bicyclic) bond motifs is 1. The van der Waals surface area contributed by atoms with Crippen molar-refractivity contribution in [2.24, 2.45) is 7.05 Å². The second kappa shape index (κ2) is 7.78. The smallest absolute Gasteiger partial charge is 0.332 e. The van der Waals surface area contributed by atoms with Gasteiger partial charge in [-0.3, -0.25) is 18.7 Å². The van der Waals surface area contributed by atoms with Crippen molar-refractivity contribution < 1.29 is 4.79 Å². The van der Waals surface area contributed by atoms with Crippen LogP contribution in [0.1, 0.15) is 18.1 Å². The highest BCUT2D eigenvalue weighted by Crippen LogP contribution is 2.23. The molecule has 0 aliphatic carbocycles. The zero-order chi connectivity index (χ0) is 21.4. The van der Waals surface area contributed by atoms with E-state index in [9.17, 15) is 14.4 Å². The Morgan fingerprint density at radius 1 is 1.10 bits per heavy atom. The molecule has 1 aromatic carbocycles.